The van der Waals surface area contributed by atoms with E-state index in [0.29, 0.717) is 5.92 Å². The van der Waals surface area contributed by atoms with Crippen LogP contribution in [-0.4, -0.2) is 48.8 Å². The Bertz CT molecular complexity index is 232. The highest BCUT2D eigenvalue weighted by Gasteiger charge is 2.45. The number of nitrogens with one attached hydrogen (secondary N) is 1. The smallest absolute Gasteiger partial charge is 0.0628 e. The van der Waals surface area contributed by atoms with Crippen molar-refractivity contribution in [1.29, 1.82) is 0 Å². The molecular weight excluding hydrogens is 212 g/mol. The normalized spacial score (nSPS) is 24.0. The number of aliphatic hydroxyl groups is 1. The van der Waals surface area contributed by atoms with E-state index in [4.69, 9.17) is 0 Å². The number of hydrogen-bond donors (Lipinski definition) is 2. The van der Waals surface area contributed by atoms with Crippen LogP contribution in [0.15, 0.2) is 0 Å². The first-order chi connectivity index (χ1) is 8.24. The van der Waals surface area contributed by atoms with Crippen molar-refractivity contribution in [2.24, 2.45) is 11.8 Å². The van der Waals surface area contributed by atoms with Crippen molar-refractivity contribution >= 4 is 0 Å². The van der Waals surface area contributed by atoms with Crippen LogP contribution in [0, 0.1) is 11.8 Å². The average Bonchev–Trinajstić information content (AvgIpc) is 3.16. The van der Waals surface area contributed by atoms with Crippen LogP contribution in [0.2, 0.25) is 0 Å². The van der Waals surface area contributed by atoms with Crippen LogP contribution in [-0.2, 0) is 0 Å². The summed E-state index contributed by atoms with van der Waals surface area (Å²) in [6.07, 6.45) is 6.60. The lowest BCUT2D eigenvalue weighted by atomic mass is 9.93. The van der Waals surface area contributed by atoms with Gasteiger partial charge in [0.25, 0.3) is 0 Å². The summed E-state index contributed by atoms with van der Waals surface area (Å²) in [5, 5.41) is 13.2. The first-order valence-electron chi connectivity index (χ1n) is 7.26. The zero-order chi connectivity index (χ0) is 12.3. The number of hydrogen-bond acceptors (Lipinski definition) is 3. The van der Waals surface area contributed by atoms with E-state index in [2.05, 4.69) is 17.1 Å². The minimum Gasteiger partial charge on any atom is -0.394 e. The molecule has 100 valence electrons. The number of likely N-dealkylation sites (N-methyl/N-ethyl adjacent to an activating group) is 1. The zero-order valence-corrected chi connectivity index (χ0v) is 11.4. The average molecular weight is 240 g/mol. The topological polar surface area (TPSA) is 35.5 Å². The van der Waals surface area contributed by atoms with Crippen molar-refractivity contribution in [3.8, 4) is 0 Å². The van der Waals surface area contributed by atoms with Crippen molar-refractivity contribution in [2.75, 3.05) is 33.3 Å². The third-order valence-electron chi connectivity index (χ3n) is 4.40. The van der Waals surface area contributed by atoms with Crippen LogP contribution < -0.4 is 5.32 Å². The maximum absolute atomic E-state index is 9.76. The van der Waals surface area contributed by atoms with Crippen LogP contribution >= 0.6 is 0 Å². The molecule has 0 heterocycles. The molecule has 0 aromatic carbocycles. The van der Waals surface area contributed by atoms with Crippen LogP contribution in [0.25, 0.3) is 0 Å². The van der Waals surface area contributed by atoms with Gasteiger partial charge >= 0.3 is 0 Å². The van der Waals surface area contributed by atoms with Gasteiger partial charge in [-0.05, 0) is 57.5 Å². The Hall–Kier alpha value is -0.120. The minimum absolute atomic E-state index is 0.0376. The Labute approximate surface area is 106 Å². The summed E-state index contributed by atoms with van der Waals surface area (Å²) >= 11 is 0. The van der Waals surface area contributed by atoms with E-state index < -0.39 is 0 Å². The second-order valence-electron chi connectivity index (χ2n) is 6.02. The molecule has 2 saturated carbocycles. The molecule has 1 atom stereocenters. The standard InChI is InChI=1S/C14H28N2O/c1-3-8-16(9-12-4-5-12)10-14(11-17,15-2)13-6-7-13/h12-13,15,17H,3-11H2,1-2H3. The van der Waals surface area contributed by atoms with Crippen molar-refractivity contribution in [1.82, 2.24) is 10.2 Å². The van der Waals surface area contributed by atoms with Gasteiger partial charge in [0, 0.05) is 13.1 Å². The summed E-state index contributed by atoms with van der Waals surface area (Å²) in [6, 6.07) is 0. The van der Waals surface area contributed by atoms with E-state index in [-0.39, 0.29) is 12.1 Å². The molecule has 2 aliphatic rings. The van der Waals surface area contributed by atoms with Crippen LogP contribution in [0.3, 0.4) is 0 Å². The molecule has 2 N–H and O–H groups in total. The second kappa shape index (κ2) is 5.68. The van der Waals surface area contributed by atoms with E-state index >= 15 is 0 Å². The molecule has 0 amide bonds. The van der Waals surface area contributed by atoms with E-state index in [9.17, 15) is 5.11 Å². The lowest BCUT2D eigenvalue weighted by Crippen LogP contribution is -2.57. The molecule has 0 spiro atoms. The van der Waals surface area contributed by atoms with Crippen LogP contribution in [0.4, 0.5) is 0 Å². The van der Waals surface area contributed by atoms with E-state index in [1.54, 1.807) is 0 Å². The Kier molecular flexibility index (Phi) is 4.45. The van der Waals surface area contributed by atoms with Crippen molar-refractivity contribution in [3.05, 3.63) is 0 Å². The Balaban J connectivity index is 1.92. The van der Waals surface area contributed by atoms with Gasteiger partial charge in [-0.2, -0.15) is 0 Å². The van der Waals surface area contributed by atoms with Gasteiger partial charge in [-0.1, -0.05) is 6.92 Å². The first kappa shape index (κ1) is 13.3. The van der Waals surface area contributed by atoms with E-state index in [1.807, 2.05) is 7.05 Å². The number of aliphatic hydroxyl groups excluding tert-OH is 1. The predicted molar refractivity (Wildman–Crippen MR) is 71.1 cm³/mol. The lowest BCUT2D eigenvalue weighted by Gasteiger charge is -2.37. The van der Waals surface area contributed by atoms with Crippen LogP contribution in [0.1, 0.15) is 39.0 Å². The third-order valence-corrected chi connectivity index (χ3v) is 4.40. The van der Waals surface area contributed by atoms with Gasteiger partial charge < -0.3 is 15.3 Å². The Morgan fingerprint density at radius 3 is 2.41 bits per heavy atom. The lowest BCUT2D eigenvalue weighted by molar-refractivity contribution is 0.0942. The Morgan fingerprint density at radius 1 is 1.29 bits per heavy atom. The van der Waals surface area contributed by atoms with Gasteiger partial charge in [-0.15, -0.1) is 0 Å². The first-order valence-corrected chi connectivity index (χ1v) is 7.26. The molecule has 3 heteroatoms. The molecule has 3 nitrogen and oxygen atoms in total. The summed E-state index contributed by atoms with van der Waals surface area (Å²) in [5.41, 5.74) is -0.0376. The molecule has 2 aliphatic carbocycles. The van der Waals surface area contributed by atoms with Gasteiger partial charge in [0.05, 0.1) is 12.1 Å². The molecule has 0 aromatic heterocycles. The molecule has 0 aliphatic heterocycles. The molecule has 2 rings (SSSR count). The molecule has 0 aromatic rings. The molecule has 17 heavy (non-hydrogen) atoms. The maximum atomic E-state index is 9.76. The zero-order valence-electron chi connectivity index (χ0n) is 11.4. The van der Waals surface area contributed by atoms with E-state index in [0.717, 1.165) is 12.5 Å². The monoisotopic (exact) mass is 240 g/mol. The SMILES string of the molecule is CCCN(CC1CC1)CC(CO)(NC)C1CC1. The van der Waals surface area contributed by atoms with Gasteiger partial charge in [-0.3, -0.25) is 0 Å². The van der Waals surface area contributed by atoms with Crippen molar-refractivity contribution in [3.63, 3.8) is 0 Å². The van der Waals surface area contributed by atoms with Crippen molar-refractivity contribution < 1.29 is 5.11 Å². The molecule has 2 fully saturated rings. The van der Waals surface area contributed by atoms with Gasteiger partial charge in [-0.25, -0.2) is 0 Å². The molecule has 1 unspecified atom stereocenters. The fourth-order valence-electron chi connectivity index (χ4n) is 2.92. The molecular formula is C14H28N2O. The minimum atomic E-state index is -0.0376. The maximum Gasteiger partial charge on any atom is 0.0628 e. The fourth-order valence-corrected chi connectivity index (χ4v) is 2.92. The number of rotatable bonds is 9. The summed E-state index contributed by atoms with van der Waals surface area (Å²) < 4.78 is 0. The van der Waals surface area contributed by atoms with Gasteiger partial charge in [0.1, 0.15) is 0 Å². The second-order valence-corrected chi connectivity index (χ2v) is 6.02. The van der Waals surface area contributed by atoms with Gasteiger partial charge in [0.2, 0.25) is 0 Å². The number of nitrogens with zero attached hydrogens (tertiary/aromatic N) is 1. The highest BCUT2D eigenvalue weighted by molar-refractivity contribution is 5.02. The summed E-state index contributed by atoms with van der Waals surface area (Å²) in [6.45, 7) is 5.96. The molecule has 0 bridgehead atoms. The highest BCUT2D eigenvalue weighted by Crippen LogP contribution is 2.40. The fraction of sp³-hybridized carbons (Fsp3) is 1.00. The summed E-state index contributed by atoms with van der Waals surface area (Å²) in [5.74, 6) is 1.63. The largest absolute Gasteiger partial charge is 0.394 e. The summed E-state index contributed by atoms with van der Waals surface area (Å²) in [4.78, 5) is 2.57. The summed E-state index contributed by atoms with van der Waals surface area (Å²) in [7, 11) is 2.01. The Morgan fingerprint density at radius 2 is 2.00 bits per heavy atom. The van der Waals surface area contributed by atoms with Crippen molar-refractivity contribution in [2.45, 2.75) is 44.6 Å². The predicted octanol–water partition coefficient (Wildman–Crippen LogP) is 1.47. The quantitative estimate of drug-likeness (QED) is 0.640. The van der Waals surface area contributed by atoms with Gasteiger partial charge in [0.15, 0.2) is 0 Å². The van der Waals surface area contributed by atoms with Crippen LogP contribution in [0.5, 0.6) is 0 Å². The van der Waals surface area contributed by atoms with E-state index in [1.165, 1.54) is 45.2 Å². The highest BCUT2D eigenvalue weighted by atomic mass is 16.3. The molecule has 0 radical (unpaired) electrons. The third kappa shape index (κ3) is 3.43. The molecule has 0 saturated heterocycles.